The molecule has 0 unspecified atom stereocenters. The van der Waals surface area contributed by atoms with Crippen molar-refractivity contribution in [2.24, 2.45) is 0 Å². The van der Waals surface area contributed by atoms with Crippen molar-refractivity contribution < 1.29 is 10.2 Å². The van der Waals surface area contributed by atoms with E-state index in [1.165, 1.54) is 4.57 Å². The van der Waals surface area contributed by atoms with Crippen LogP contribution in [-0.4, -0.2) is 29.3 Å². The maximum atomic E-state index is 12.3. The first-order valence-electron chi connectivity index (χ1n) is 5.70. The molecule has 1 aliphatic rings. The van der Waals surface area contributed by atoms with Gasteiger partial charge in [-0.15, -0.1) is 0 Å². The van der Waals surface area contributed by atoms with E-state index in [2.05, 4.69) is 9.97 Å². The molecule has 2 heterocycles. The zero-order chi connectivity index (χ0) is 12.9. The van der Waals surface area contributed by atoms with Gasteiger partial charge < -0.3 is 15.9 Å². The van der Waals surface area contributed by atoms with Crippen LogP contribution in [0, 0.1) is 0 Å². The number of anilines is 1. The summed E-state index contributed by atoms with van der Waals surface area (Å²) in [5, 5.41) is 18.4. The highest BCUT2D eigenvalue weighted by atomic mass is 16.5. The highest BCUT2D eigenvalue weighted by Crippen LogP contribution is 2.31. The van der Waals surface area contributed by atoms with Crippen LogP contribution in [0.5, 0.6) is 0 Å². The summed E-state index contributed by atoms with van der Waals surface area (Å²) in [5.41, 5.74) is 5.57. The van der Waals surface area contributed by atoms with E-state index in [1.807, 2.05) is 0 Å². The second-order valence-corrected chi connectivity index (χ2v) is 4.40. The van der Waals surface area contributed by atoms with Crippen LogP contribution in [0.1, 0.15) is 31.7 Å². The lowest BCUT2D eigenvalue weighted by atomic mass is 9.93. The van der Waals surface area contributed by atoms with E-state index < -0.39 is 6.41 Å². The van der Waals surface area contributed by atoms with Gasteiger partial charge in [0.25, 0.3) is 5.56 Å². The molecule has 0 atom stereocenters. The van der Waals surface area contributed by atoms with Crippen molar-refractivity contribution in [3.63, 3.8) is 0 Å². The van der Waals surface area contributed by atoms with Crippen molar-refractivity contribution in [1.82, 2.24) is 19.1 Å². The maximum absolute atomic E-state index is 12.3. The molecular weight excluding hydrogens is 238 g/mol. The van der Waals surface area contributed by atoms with Gasteiger partial charge in [0.05, 0.1) is 0 Å². The second-order valence-electron chi connectivity index (χ2n) is 4.40. The van der Waals surface area contributed by atoms with Gasteiger partial charge in [-0.1, -0.05) is 0 Å². The van der Waals surface area contributed by atoms with Gasteiger partial charge in [0, 0.05) is 6.04 Å². The monoisotopic (exact) mass is 251 g/mol. The third-order valence-electron chi connectivity index (χ3n) is 3.35. The average Bonchev–Trinajstić information content (AvgIpc) is 2.65. The molecule has 8 nitrogen and oxygen atoms in total. The normalized spacial score (nSPS) is 16.4. The van der Waals surface area contributed by atoms with Crippen molar-refractivity contribution in [1.29, 1.82) is 0 Å². The molecule has 0 aromatic carbocycles. The van der Waals surface area contributed by atoms with E-state index in [9.17, 15) is 15.0 Å². The molecule has 0 bridgehead atoms. The fourth-order valence-electron chi connectivity index (χ4n) is 2.19. The third kappa shape index (κ3) is 1.42. The topological polar surface area (TPSA) is 119 Å². The van der Waals surface area contributed by atoms with Gasteiger partial charge in [-0.05, 0) is 19.3 Å². The third-order valence-corrected chi connectivity index (χ3v) is 3.35. The Labute approximate surface area is 101 Å². The fraction of sp³-hybridized carbons (Fsp3) is 0.500. The van der Waals surface area contributed by atoms with E-state index in [-0.39, 0.29) is 28.7 Å². The number of imidazole rings is 1. The molecule has 1 fully saturated rings. The molecular formula is C10H13N5O3. The molecule has 4 N–H and O–H groups in total. The average molecular weight is 251 g/mol. The van der Waals surface area contributed by atoms with Crippen LogP contribution in [0.4, 0.5) is 5.95 Å². The Morgan fingerprint density at radius 2 is 2.17 bits per heavy atom. The number of aromatic nitrogens is 4. The van der Waals surface area contributed by atoms with Crippen LogP contribution in [0.3, 0.4) is 0 Å². The van der Waals surface area contributed by atoms with Crippen molar-refractivity contribution in [2.45, 2.75) is 31.7 Å². The number of nitrogens with zero attached hydrogens (tertiary/aromatic N) is 4. The molecule has 2 aromatic rings. The molecule has 3 rings (SSSR count). The van der Waals surface area contributed by atoms with Crippen molar-refractivity contribution >= 4 is 17.1 Å². The number of rotatable bonds is 2. The molecule has 2 aromatic heterocycles. The van der Waals surface area contributed by atoms with Crippen LogP contribution in [0.15, 0.2) is 11.1 Å². The van der Waals surface area contributed by atoms with Gasteiger partial charge in [0.15, 0.2) is 11.2 Å². The van der Waals surface area contributed by atoms with Gasteiger partial charge >= 0.3 is 0 Å². The summed E-state index contributed by atoms with van der Waals surface area (Å²) in [6.07, 6.45) is 2.16. The predicted octanol–water partition coefficient (Wildman–Crippen LogP) is -0.659. The number of fused-ring (bicyclic) bond motifs is 1. The minimum absolute atomic E-state index is 0.0496. The number of aliphatic hydroxyl groups is 2. The summed E-state index contributed by atoms with van der Waals surface area (Å²) in [7, 11) is 0. The molecule has 8 heteroatoms. The van der Waals surface area contributed by atoms with Gasteiger partial charge in [0.1, 0.15) is 6.33 Å². The number of nitrogens with two attached hydrogens (primary N) is 1. The van der Waals surface area contributed by atoms with Gasteiger partial charge in [-0.25, -0.2) is 4.98 Å². The van der Waals surface area contributed by atoms with E-state index in [0.29, 0.717) is 0 Å². The Balaban J connectivity index is 2.30. The first-order chi connectivity index (χ1) is 8.59. The summed E-state index contributed by atoms with van der Waals surface area (Å²) >= 11 is 0. The minimum Gasteiger partial charge on any atom is -0.369 e. The van der Waals surface area contributed by atoms with Crippen LogP contribution in [0.25, 0.3) is 11.2 Å². The Kier molecular flexibility index (Phi) is 2.35. The van der Waals surface area contributed by atoms with Gasteiger partial charge in [-0.3, -0.25) is 13.9 Å². The highest BCUT2D eigenvalue weighted by molar-refractivity contribution is 5.71. The molecule has 18 heavy (non-hydrogen) atoms. The highest BCUT2D eigenvalue weighted by Gasteiger charge is 2.25. The number of nitrogen functional groups attached to an aromatic ring is 1. The van der Waals surface area contributed by atoms with E-state index in [0.717, 1.165) is 30.2 Å². The summed E-state index contributed by atoms with van der Waals surface area (Å²) in [4.78, 5) is 20.2. The SMILES string of the molecule is Nc1nc2ncn(C(O)O)c2c(=O)n1C1CCC1. The molecule has 1 saturated carbocycles. The summed E-state index contributed by atoms with van der Waals surface area (Å²) in [6.45, 7) is 0. The zero-order valence-corrected chi connectivity index (χ0v) is 9.52. The largest absolute Gasteiger partial charge is 0.369 e. The molecule has 0 aliphatic heterocycles. The Morgan fingerprint density at radius 3 is 2.72 bits per heavy atom. The Morgan fingerprint density at radius 1 is 1.44 bits per heavy atom. The molecule has 0 radical (unpaired) electrons. The van der Waals surface area contributed by atoms with Gasteiger partial charge in [-0.2, -0.15) is 4.98 Å². The van der Waals surface area contributed by atoms with Crippen molar-refractivity contribution in [3.8, 4) is 0 Å². The molecule has 0 amide bonds. The molecule has 1 aliphatic carbocycles. The zero-order valence-electron chi connectivity index (χ0n) is 9.52. The summed E-state index contributed by atoms with van der Waals surface area (Å²) in [6, 6.07) is 0.0496. The summed E-state index contributed by atoms with van der Waals surface area (Å²) in [5.74, 6) is 0.120. The predicted molar refractivity (Wildman–Crippen MR) is 62.6 cm³/mol. The lowest BCUT2D eigenvalue weighted by molar-refractivity contribution is -0.0991. The van der Waals surface area contributed by atoms with Crippen LogP contribution in [-0.2, 0) is 0 Å². The molecule has 0 spiro atoms. The second kappa shape index (κ2) is 3.79. The lowest BCUT2D eigenvalue weighted by Gasteiger charge is -2.28. The van der Waals surface area contributed by atoms with Crippen LogP contribution >= 0.6 is 0 Å². The number of aliphatic hydroxyl groups excluding tert-OH is 1. The molecule has 0 saturated heterocycles. The number of hydrogen-bond acceptors (Lipinski definition) is 6. The maximum Gasteiger partial charge on any atom is 0.281 e. The molecule has 96 valence electrons. The Bertz CT molecular complexity index is 655. The smallest absolute Gasteiger partial charge is 0.281 e. The fourth-order valence-corrected chi connectivity index (χ4v) is 2.19. The van der Waals surface area contributed by atoms with Crippen molar-refractivity contribution in [3.05, 3.63) is 16.7 Å². The van der Waals surface area contributed by atoms with Crippen LogP contribution < -0.4 is 11.3 Å². The minimum atomic E-state index is -1.82. The first-order valence-corrected chi connectivity index (χ1v) is 5.70. The van der Waals surface area contributed by atoms with Crippen LogP contribution in [0.2, 0.25) is 0 Å². The lowest BCUT2D eigenvalue weighted by Crippen LogP contribution is -2.33. The van der Waals surface area contributed by atoms with Gasteiger partial charge in [0.2, 0.25) is 12.4 Å². The standard InChI is InChI=1S/C10H13N5O3/c11-9-13-7-6(14(4-12-7)10(17)18)8(16)15(9)5-2-1-3-5/h4-5,10,17-18H,1-3H2,(H2,11,13). The van der Waals surface area contributed by atoms with Crippen molar-refractivity contribution in [2.75, 3.05) is 5.73 Å². The van der Waals surface area contributed by atoms with E-state index >= 15 is 0 Å². The first kappa shape index (κ1) is 11.2. The van der Waals surface area contributed by atoms with E-state index in [1.54, 1.807) is 0 Å². The quantitative estimate of drug-likeness (QED) is 0.610. The number of hydrogen-bond donors (Lipinski definition) is 3. The summed E-state index contributed by atoms with van der Waals surface area (Å²) < 4.78 is 2.38. The Hall–Kier alpha value is -1.93. The van der Waals surface area contributed by atoms with E-state index in [4.69, 9.17) is 5.73 Å².